The van der Waals surface area contributed by atoms with Gasteiger partial charge in [0.2, 0.25) is 6.41 Å². The van der Waals surface area contributed by atoms with Crippen molar-refractivity contribution < 1.29 is 24.2 Å². The summed E-state index contributed by atoms with van der Waals surface area (Å²) in [5, 5.41) is 10.9. The van der Waals surface area contributed by atoms with Gasteiger partial charge in [0.05, 0.1) is 19.3 Å². The molecule has 158 valence electrons. The molecule has 1 amide bonds. The van der Waals surface area contributed by atoms with Gasteiger partial charge in [0.15, 0.2) is 0 Å². The summed E-state index contributed by atoms with van der Waals surface area (Å²) in [5.74, 6) is -0.828. The van der Waals surface area contributed by atoms with E-state index in [1.165, 1.54) is 12.0 Å². The number of aliphatic hydroxyl groups is 1. The minimum absolute atomic E-state index is 0.0471. The maximum atomic E-state index is 12.3. The zero-order valence-corrected chi connectivity index (χ0v) is 17.4. The molecule has 1 aromatic rings. The zero-order chi connectivity index (χ0) is 21.1. The van der Waals surface area contributed by atoms with Crippen LogP contribution < -0.4 is 0 Å². The number of H-pyrrole nitrogens is 1. The Morgan fingerprint density at radius 1 is 1.29 bits per heavy atom. The molecule has 7 heteroatoms. The third-order valence-electron chi connectivity index (χ3n) is 4.91. The SMILES string of the molecule is CCCCCCC(=O)CC(O)C(c1cc[nH]c1)N(C=O)[C@H](C(=O)OC)C(C)C. The fourth-order valence-corrected chi connectivity index (χ4v) is 3.47. The molecular weight excluding hydrogens is 360 g/mol. The summed E-state index contributed by atoms with van der Waals surface area (Å²) in [6.45, 7) is 5.71. The first-order valence-corrected chi connectivity index (χ1v) is 10.00. The summed E-state index contributed by atoms with van der Waals surface area (Å²) in [4.78, 5) is 40.8. The van der Waals surface area contributed by atoms with Crippen LogP contribution in [0, 0.1) is 5.92 Å². The number of carbonyl (C=O) groups is 3. The van der Waals surface area contributed by atoms with Gasteiger partial charge < -0.3 is 19.7 Å². The molecule has 7 nitrogen and oxygen atoms in total. The summed E-state index contributed by atoms with van der Waals surface area (Å²) in [6, 6.07) is 0.0386. The average Bonchev–Trinajstić information content (AvgIpc) is 3.18. The normalized spacial score (nSPS) is 14.4. The van der Waals surface area contributed by atoms with Crippen LogP contribution in [0.5, 0.6) is 0 Å². The number of esters is 1. The third kappa shape index (κ3) is 6.78. The van der Waals surface area contributed by atoms with Crippen molar-refractivity contribution in [3.05, 3.63) is 24.0 Å². The van der Waals surface area contributed by atoms with Crippen LogP contribution in [-0.2, 0) is 19.1 Å². The highest BCUT2D eigenvalue weighted by Gasteiger charge is 2.38. The molecule has 2 unspecified atom stereocenters. The van der Waals surface area contributed by atoms with E-state index in [0.717, 1.165) is 25.7 Å². The van der Waals surface area contributed by atoms with Gasteiger partial charge in [-0.25, -0.2) is 4.79 Å². The van der Waals surface area contributed by atoms with Crippen LogP contribution in [-0.4, -0.2) is 52.4 Å². The summed E-state index contributed by atoms with van der Waals surface area (Å²) in [5.41, 5.74) is 0.632. The summed E-state index contributed by atoms with van der Waals surface area (Å²) in [7, 11) is 1.27. The summed E-state index contributed by atoms with van der Waals surface area (Å²) >= 11 is 0. The van der Waals surface area contributed by atoms with Gasteiger partial charge in [0.1, 0.15) is 11.8 Å². The topological polar surface area (TPSA) is 99.7 Å². The monoisotopic (exact) mass is 394 g/mol. The second-order valence-corrected chi connectivity index (χ2v) is 7.47. The first-order valence-electron chi connectivity index (χ1n) is 10.00. The Morgan fingerprint density at radius 3 is 2.50 bits per heavy atom. The van der Waals surface area contributed by atoms with E-state index >= 15 is 0 Å². The molecule has 1 aromatic heterocycles. The minimum atomic E-state index is -1.12. The highest BCUT2D eigenvalue weighted by molar-refractivity contribution is 5.80. The van der Waals surface area contributed by atoms with Gasteiger partial charge in [-0.1, -0.05) is 40.0 Å². The molecular formula is C21H34N2O5. The van der Waals surface area contributed by atoms with Crippen molar-refractivity contribution in [2.75, 3.05) is 7.11 Å². The predicted molar refractivity (Wildman–Crippen MR) is 106 cm³/mol. The van der Waals surface area contributed by atoms with Crippen LogP contribution in [0.4, 0.5) is 0 Å². The molecule has 0 aliphatic carbocycles. The Kier molecular flexibility index (Phi) is 10.5. The Morgan fingerprint density at radius 2 is 2.00 bits per heavy atom. The number of Topliss-reactive ketones (excluding diaryl/α,β-unsaturated/α-hetero) is 1. The van der Waals surface area contributed by atoms with Gasteiger partial charge in [-0.3, -0.25) is 9.59 Å². The number of ether oxygens (including phenoxy) is 1. The summed E-state index contributed by atoms with van der Waals surface area (Å²) in [6.07, 6.45) is 7.04. The van der Waals surface area contributed by atoms with Crippen LogP contribution in [0.1, 0.15) is 70.9 Å². The molecule has 0 fully saturated rings. The minimum Gasteiger partial charge on any atom is -0.467 e. The fraction of sp³-hybridized carbons (Fsp3) is 0.667. The lowest BCUT2D eigenvalue weighted by Crippen LogP contribution is -2.49. The number of nitrogens with one attached hydrogen (secondary N) is 1. The van der Waals surface area contributed by atoms with Crippen molar-refractivity contribution >= 4 is 18.2 Å². The number of methoxy groups -OCH3 is 1. The van der Waals surface area contributed by atoms with E-state index in [1.54, 1.807) is 32.3 Å². The van der Waals surface area contributed by atoms with E-state index < -0.39 is 24.2 Å². The van der Waals surface area contributed by atoms with E-state index in [9.17, 15) is 19.5 Å². The number of amides is 1. The summed E-state index contributed by atoms with van der Waals surface area (Å²) < 4.78 is 4.87. The number of aromatic nitrogens is 1. The van der Waals surface area contributed by atoms with Gasteiger partial charge in [-0.15, -0.1) is 0 Å². The first-order chi connectivity index (χ1) is 13.4. The van der Waals surface area contributed by atoms with Crippen molar-refractivity contribution in [2.24, 2.45) is 5.92 Å². The molecule has 1 rings (SSSR count). The van der Waals surface area contributed by atoms with Crippen LogP contribution in [0.25, 0.3) is 0 Å². The number of nitrogens with zero attached hydrogens (tertiary/aromatic N) is 1. The highest BCUT2D eigenvalue weighted by Crippen LogP contribution is 2.30. The second kappa shape index (κ2) is 12.3. The molecule has 3 atom stereocenters. The van der Waals surface area contributed by atoms with Crippen molar-refractivity contribution in [3.63, 3.8) is 0 Å². The van der Waals surface area contributed by atoms with Crippen LogP contribution in [0.3, 0.4) is 0 Å². The molecule has 0 radical (unpaired) electrons. The van der Waals surface area contributed by atoms with Gasteiger partial charge in [-0.2, -0.15) is 0 Å². The lowest BCUT2D eigenvalue weighted by Gasteiger charge is -2.37. The van der Waals surface area contributed by atoms with Crippen molar-refractivity contribution in [1.29, 1.82) is 0 Å². The number of aliphatic hydroxyl groups excluding tert-OH is 1. The van der Waals surface area contributed by atoms with Crippen molar-refractivity contribution in [3.8, 4) is 0 Å². The Hall–Kier alpha value is -2.15. The maximum Gasteiger partial charge on any atom is 0.328 e. The smallest absolute Gasteiger partial charge is 0.328 e. The average molecular weight is 395 g/mol. The van der Waals surface area contributed by atoms with Crippen LogP contribution in [0.2, 0.25) is 0 Å². The first kappa shape index (κ1) is 23.9. The molecule has 0 saturated heterocycles. The van der Waals surface area contributed by atoms with Crippen molar-refractivity contribution in [2.45, 2.75) is 77.5 Å². The Bertz CT molecular complexity index is 600. The van der Waals surface area contributed by atoms with Gasteiger partial charge in [-0.05, 0) is 24.0 Å². The molecule has 0 aromatic carbocycles. The lowest BCUT2D eigenvalue weighted by atomic mass is 9.93. The van der Waals surface area contributed by atoms with Crippen molar-refractivity contribution in [1.82, 2.24) is 9.88 Å². The van der Waals surface area contributed by atoms with Gasteiger partial charge in [0, 0.05) is 25.2 Å². The standard InChI is InChI=1S/C21H34N2O5/c1-5-6-7-8-9-17(25)12-18(26)20(16-10-11-22-13-16)23(14-24)19(15(2)3)21(27)28-4/h10-11,13-15,18-20,22,26H,5-9,12H2,1-4H3/t18?,19-,20?/m0/s1. The maximum absolute atomic E-state index is 12.3. The van der Waals surface area contributed by atoms with E-state index in [2.05, 4.69) is 11.9 Å². The van der Waals surface area contributed by atoms with Crippen LogP contribution >= 0.6 is 0 Å². The van der Waals surface area contributed by atoms with Gasteiger partial charge in [0.25, 0.3) is 0 Å². The van der Waals surface area contributed by atoms with E-state index in [4.69, 9.17) is 4.74 Å². The molecule has 2 N–H and O–H groups in total. The van der Waals surface area contributed by atoms with E-state index in [-0.39, 0.29) is 18.1 Å². The third-order valence-corrected chi connectivity index (χ3v) is 4.91. The molecule has 0 aliphatic rings. The Balaban J connectivity index is 3.02. The number of hydrogen-bond acceptors (Lipinski definition) is 5. The zero-order valence-electron chi connectivity index (χ0n) is 17.4. The quantitative estimate of drug-likeness (QED) is 0.287. The fourth-order valence-electron chi connectivity index (χ4n) is 3.47. The molecule has 0 spiro atoms. The van der Waals surface area contributed by atoms with Gasteiger partial charge >= 0.3 is 5.97 Å². The Labute approximate surface area is 167 Å². The highest BCUT2D eigenvalue weighted by atomic mass is 16.5. The number of aromatic amines is 1. The molecule has 0 bridgehead atoms. The predicted octanol–water partition coefficient (Wildman–Crippen LogP) is 3.00. The second-order valence-electron chi connectivity index (χ2n) is 7.47. The number of carbonyl (C=O) groups excluding carboxylic acids is 3. The molecule has 1 heterocycles. The largest absolute Gasteiger partial charge is 0.467 e. The molecule has 0 aliphatic heterocycles. The number of rotatable bonds is 14. The number of ketones is 1. The lowest BCUT2D eigenvalue weighted by molar-refractivity contribution is -0.155. The number of unbranched alkanes of at least 4 members (excludes halogenated alkanes) is 3. The molecule has 28 heavy (non-hydrogen) atoms. The van der Waals surface area contributed by atoms with E-state index in [0.29, 0.717) is 18.4 Å². The van der Waals surface area contributed by atoms with E-state index in [1.807, 2.05) is 0 Å². The number of hydrogen-bond donors (Lipinski definition) is 2. The molecule has 0 saturated carbocycles. The van der Waals surface area contributed by atoms with Crippen LogP contribution in [0.15, 0.2) is 18.5 Å².